The number of carbonyl (C=O) groups excluding carboxylic acids is 1. The van der Waals surface area contributed by atoms with Gasteiger partial charge in [-0.3, -0.25) is 4.79 Å². The highest BCUT2D eigenvalue weighted by atomic mass is 32.2. The second kappa shape index (κ2) is 9.98. The van der Waals surface area contributed by atoms with Crippen LogP contribution in [0.25, 0.3) is 0 Å². The predicted molar refractivity (Wildman–Crippen MR) is 120 cm³/mol. The van der Waals surface area contributed by atoms with Gasteiger partial charge in [-0.25, -0.2) is 18.1 Å². The van der Waals surface area contributed by atoms with E-state index < -0.39 is 27.7 Å². The van der Waals surface area contributed by atoms with Gasteiger partial charge in [-0.05, 0) is 62.3 Å². The van der Waals surface area contributed by atoms with Gasteiger partial charge in [0, 0.05) is 23.7 Å². The van der Waals surface area contributed by atoms with Gasteiger partial charge in [0.1, 0.15) is 5.69 Å². The molecule has 1 fully saturated rings. The first-order valence-corrected chi connectivity index (χ1v) is 13.1. The van der Waals surface area contributed by atoms with Crippen molar-refractivity contribution in [3.05, 3.63) is 40.4 Å². The van der Waals surface area contributed by atoms with E-state index in [1.165, 1.54) is 12.1 Å². The number of hydrogen-bond donors (Lipinski definition) is 2. The molecule has 2 aromatic rings. The van der Waals surface area contributed by atoms with Crippen LogP contribution in [0.5, 0.6) is 0 Å². The average Bonchev–Trinajstić information content (AvgIpc) is 3.12. The number of anilines is 2. The van der Waals surface area contributed by atoms with E-state index in [1.807, 2.05) is 4.72 Å². The molecule has 3 rings (SSSR count). The van der Waals surface area contributed by atoms with E-state index in [-0.39, 0.29) is 24.1 Å². The van der Waals surface area contributed by atoms with Crippen molar-refractivity contribution in [2.45, 2.75) is 38.8 Å². The van der Waals surface area contributed by atoms with Gasteiger partial charge in [-0.1, -0.05) is 6.42 Å². The zero-order valence-electron chi connectivity index (χ0n) is 18.2. The molecule has 2 atom stereocenters. The molecule has 2 N–H and O–H groups in total. The molecule has 0 bridgehead atoms. The zero-order chi connectivity index (χ0) is 24.4. The summed E-state index contributed by atoms with van der Waals surface area (Å²) in [6, 6.07) is 4.72. The summed E-state index contributed by atoms with van der Waals surface area (Å²) in [6.07, 6.45) is -0.0492. The fraction of sp³-hybridized carbons (Fsp3) is 0.524. The lowest BCUT2D eigenvalue weighted by Crippen LogP contribution is -2.31. The van der Waals surface area contributed by atoms with E-state index in [0.717, 1.165) is 55.4 Å². The Labute approximate surface area is 194 Å². The number of sulfonamides is 1. The van der Waals surface area contributed by atoms with Crippen molar-refractivity contribution in [3.63, 3.8) is 0 Å². The van der Waals surface area contributed by atoms with Crippen molar-refractivity contribution >= 4 is 38.1 Å². The van der Waals surface area contributed by atoms with Crippen LogP contribution in [-0.2, 0) is 16.2 Å². The van der Waals surface area contributed by atoms with Gasteiger partial charge in [-0.2, -0.15) is 13.2 Å². The van der Waals surface area contributed by atoms with Gasteiger partial charge in [0.2, 0.25) is 10.0 Å². The fourth-order valence-electron chi connectivity index (χ4n) is 4.04. The van der Waals surface area contributed by atoms with E-state index in [4.69, 9.17) is 0 Å². The molecule has 1 aliphatic carbocycles. The van der Waals surface area contributed by atoms with Gasteiger partial charge < -0.3 is 10.0 Å². The maximum Gasteiger partial charge on any atom is 0.416 e. The molecule has 182 valence electrons. The summed E-state index contributed by atoms with van der Waals surface area (Å²) in [5, 5.41) is 9.94. The van der Waals surface area contributed by atoms with Crippen LogP contribution < -0.4 is 9.62 Å². The van der Waals surface area contributed by atoms with E-state index in [2.05, 4.69) is 4.98 Å². The SMILES string of the molecule is Cc1sc(N(CC2CCCC(CO)C2)c2ccc(C(F)(F)F)cc2)nc1C(=O)NS(C)(=O)=O. The Morgan fingerprint density at radius 3 is 2.45 bits per heavy atom. The van der Waals surface area contributed by atoms with Crippen molar-refractivity contribution in [1.29, 1.82) is 0 Å². The lowest BCUT2D eigenvalue weighted by Gasteiger charge is -2.32. The van der Waals surface area contributed by atoms with Crippen molar-refractivity contribution in [2.75, 3.05) is 24.3 Å². The molecular weight excluding hydrogens is 479 g/mol. The quantitative estimate of drug-likeness (QED) is 0.588. The molecule has 7 nitrogen and oxygen atoms in total. The molecule has 1 amide bonds. The molecule has 33 heavy (non-hydrogen) atoms. The number of rotatable bonds is 7. The summed E-state index contributed by atoms with van der Waals surface area (Å²) in [5.74, 6) is -0.508. The summed E-state index contributed by atoms with van der Waals surface area (Å²) >= 11 is 1.16. The smallest absolute Gasteiger partial charge is 0.396 e. The van der Waals surface area contributed by atoms with Crippen molar-refractivity contribution in [1.82, 2.24) is 9.71 Å². The van der Waals surface area contributed by atoms with Crippen LogP contribution in [0.15, 0.2) is 24.3 Å². The molecule has 1 heterocycles. The average molecular weight is 506 g/mol. The number of aromatic nitrogens is 1. The number of nitrogens with zero attached hydrogens (tertiary/aromatic N) is 2. The monoisotopic (exact) mass is 505 g/mol. The maximum atomic E-state index is 13.0. The number of alkyl halides is 3. The normalized spacial score (nSPS) is 19.3. The minimum Gasteiger partial charge on any atom is -0.396 e. The molecule has 2 unspecified atom stereocenters. The van der Waals surface area contributed by atoms with Crippen LogP contribution in [0.2, 0.25) is 0 Å². The van der Waals surface area contributed by atoms with Crippen LogP contribution in [0.1, 0.15) is 46.6 Å². The summed E-state index contributed by atoms with van der Waals surface area (Å²) in [6.45, 7) is 2.16. The minimum absolute atomic E-state index is 0.0470. The van der Waals surface area contributed by atoms with Crippen molar-refractivity contribution in [2.24, 2.45) is 11.8 Å². The topological polar surface area (TPSA) is 99.6 Å². The maximum absolute atomic E-state index is 13.0. The summed E-state index contributed by atoms with van der Waals surface area (Å²) < 4.78 is 63.9. The molecule has 12 heteroatoms. The Kier molecular flexibility index (Phi) is 7.69. The number of nitrogens with one attached hydrogen (secondary N) is 1. The van der Waals surface area contributed by atoms with Crippen LogP contribution in [-0.4, -0.2) is 43.8 Å². The summed E-state index contributed by atoms with van der Waals surface area (Å²) in [4.78, 5) is 19.0. The Hall–Kier alpha value is -2.18. The van der Waals surface area contributed by atoms with Gasteiger partial charge in [0.15, 0.2) is 5.13 Å². The Morgan fingerprint density at radius 2 is 1.88 bits per heavy atom. The number of halogens is 3. The molecule has 1 saturated carbocycles. The lowest BCUT2D eigenvalue weighted by molar-refractivity contribution is -0.137. The zero-order valence-corrected chi connectivity index (χ0v) is 19.9. The molecule has 1 aliphatic rings. The molecule has 0 radical (unpaired) electrons. The van der Waals surface area contributed by atoms with Gasteiger partial charge in [-0.15, -0.1) is 11.3 Å². The molecular formula is C21H26F3N3O4S2. The third kappa shape index (κ3) is 6.67. The molecule has 0 saturated heterocycles. The van der Waals surface area contributed by atoms with Crippen LogP contribution in [0.4, 0.5) is 24.0 Å². The Bertz CT molecular complexity index is 1090. The number of aliphatic hydroxyl groups excluding tert-OH is 1. The van der Waals surface area contributed by atoms with E-state index >= 15 is 0 Å². The highest BCUT2D eigenvalue weighted by Crippen LogP contribution is 2.37. The number of thiazole rings is 1. The van der Waals surface area contributed by atoms with E-state index in [9.17, 15) is 31.5 Å². The number of aliphatic hydroxyl groups is 1. The number of carbonyl (C=O) groups is 1. The molecule has 1 aromatic carbocycles. The second-order valence-corrected chi connectivity index (χ2v) is 11.3. The van der Waals surface area contributed by atoms with E-state index in [1.54, 1.807) is 11.8 Å². The summed E-state index contributed by atoms with van der Waals surface area (Å²) in [5.41, 5.74) is -0.333. The fourth-order valence-corrected chi connectivity index (χ4v) is 5.41. The standard InChI is InChI=1S/C21H26F3N3O4S2/c1-13-18(19(29)26-33(2,30)31)25-20(32-13)27(11-14-4-3-5-15(10-14)12-28)17-8-6-16(7-9-17)21(22,23)24/h6-9,14-15,28H,3-5,10-12H2,1-2H3,(H,26,29). The second-order valence-electron chi connectivity index (χ2n) is 8.34. The highest BCUT2D eigenvalue weighted by molar-refractivity contribution is 7.89. The number of aryl methyl sites for hydroxylation is 1. The van der Waals surface area contributed by atoms with Crippen LogP contribution in [0, 0.1) is 18.8 Å². The minimum atomic E-state index is -4.46. The number of hydrogen-bond acceptors (Lipinski definition) is 7. The number of amides is 1. The highest BCUT2D eigenvalue weighted by Gasteiger charge is 2.31. The Balaban J connectivity index is 1.95. The molecule has 0 spiro atoms. The molecule has 0 aliphatic heterocycles. The van der Waals surface area contributed by atoms with Gasteiger partial charge in [0.25, 0.3) is 5.91 Å². The first-order chi connectivity index (χ1) is 15.4. The predicted octanol–water partition coefficient (Wildman–Crippen LogP) is 4.10. The first kappa shape index (κ1) is 25.4. The van der Waals surface area contributed by atoms with E-state index in [0.29, 0.717) is 22.2 Å². The third-order valence-electron chi connectivity index (χ3n) is 5.61. The van der Waals surface area contributed by atoms with Crippen molar-refractivity contribution in [3.8, 4) is 0 Å². The van der Waals surface area contributed by atoms with Gasteiger partial charge >= 0.3 is 6.18 Å². The van der Waals surface area contributed by atoms with Crippen LogP contribution in [0.3, 0.4) is 0 Å². The van der Waals surface area contributed by atoms with Crippen molar-refractivity contribution < 1.29 is 31.5 Å². The first-order valence-electron chi connectivity index (χ1n) is 10.4. The Morgan fingerprint density at radius 1 is 1.24 bits per heavy atom. The summed E-state index contributed by atoms with van der Waals surface area (Å²) in [7, 11) is -3.78. The third-order valence-corrected chi connectivity index (χ3v) is 7.16. The lowest BCUT2D eigenvalue weighted by atomic mass is 9.81. The van der Waals surface area contributed by atoms with Gasteiger partial charge in [0.05, 0.1) is 11.8 Å². The molecule has 1 aromatic heterocycles. The largest absolute Gasteiger partial charge is 0.416 e. The van der Waals surface area contributed by atoms with Crippen LogP contribution >= 0.6 is 11.3 Å². The number of benzene rings is 1.